The summed E-state index contributed by atoms with van der Waals surface area (Å²) in [5.41, 5.74) is 2.78. The van der Waals surface area contributed by atoms with E-state index in [4.69, 9.17) is 0 Å². The van der Waals surface area contributed by atoms with Crippen LogP contribution in [0.15, 0.2) is 53.7 Å². The van der Waals surface area contributed by atoms with Crippen molar-refractivity contribution < 1.29 is 9.18 Å². The van der Waals surface area contributed by atoms with Gasteiger partial charge in [-0.05, 0) is 43.2 Å². The number of carbonyl (C=O) groups excluding carboxylic acids is 1. The van der Waals surface area contributed by atoms with E-state index in [9.17, 15) is 9.18 Å². The monoisotopic (exact) mass is 369 g/mol. The molecule has 0 aliphatic rings. The first-order valence-electron chi connectivity index (χ1n) is 8.43. The van der Waals surface area contributed by atoms with Gasteiger partial charge in [-0.2, -0.15) is 0 Å². The lowest BCUT2D eigenvalue weighted by Gasteiger charge is -2.06. The van der Waals surface area contributed by atoms with Crippen LogP contribution in [0.2, 0.25) is 0 Å². The standard InChI is InChI=1S/C20H20FN3OS/c1-14-6-3-4-7-17(14)19-22-23-20(24(19)2)26-13-5-8-18(25)15-9-11-16(21)12-10-15/h3-4,6-7,9-12H,5,8,13H2,1-2H3. The second-order valence-electron chi connectivity index (χ2n) is 6.06. The van der Waals surface area contributed by atoms with Crippen LogP contribution in [0, 0.1) is 12.7 Å². The molecule has 0 saturated heterocycles. The summed E-state index contributed by atoms with van der Waals surface area (Å²) in [6.07, 6.45) is 1.16. The van der Waals surface area contributed by atoms with E-state index in [2.05, 4.69) is 23.2 Å². The number of aromatic nitrogens is 3. The van der Waals surface area contributed by atoms with Crippen molar-refractivity contribution in [1.29, 1.82) is 0 Å². The number of Topliss-reactive ketones (excluding diaryl/α,β-unsaturated/α-hetero) is 1. The predicted octanol–water partition coefficient (Wildman–Crippen LogP) is 4.68. The van der Waals surface area contributed by atoms with Crippen LogP contribution in [-0.2, 0) is 7.05 Å². The fourth-order valence-corrected chi connectivity index (χ4v) is 3.53. The molecule has 0 fully saturated rings. The summed E-state index contributed by atoms with van der Waals surface area (Å²) in [5, 5.41) is 9.40. The minimum atomic E-state index is -0.330. The molecule has 6 heteroatoms. The van der Waals surface area contributed by atoms with E-state index in [1.165, 1.54) is 24.3 Å². The maximum Gasteiger partial charge on any atom is 0.191 e. The number of rotatable bonds is 7. The van der Waals surface area contributed by atoms with Gasteiger partial charge in [-0.1, -0.05) is 36.0 Å². The number of halogens is 1. The number of hydrogen-bond donors (Lipinski definition) is 0. The smallest absolute Gasteiger partial charge is 0.191 e. The van der Waals surface area contributed by atoms with Gasteiger partial charge in [-0.3, -0.25) is 4.79 Å². The molecule has 0 N–H and O–H groups in total. The van der Waals surface area contributed by atoms with E-state index in [1.807, 2.05) is 29.8 Å². The Kier molecular flexibility index (Phi) is 5.83. The summed E-state index contributed by atoms with van der Waals surface area (Å²) in [6.45, 7) is 2.05. The molecule has 0 saturated carbocycles. The van der Waals surface area contributed by atoms with Crippen LogP contribution in [-0.4, -0.2) is 26.3 Å². The fraction of sp³-hybridized carbons (Fsp3) is 0.250. The maximum absolute atomic E-state index is 12.9. The first kappa shape index (κ1) is 18.3. The van der Waals surface area contributed by atoms with Crippen molar-refractivity contribution in [3.05, 3.63) is 65.5 Å². The molecule has 1 heterocycles. The van der Waals surface area contributed by atoms with Crippen LogP contribution in [0.5, 0.6) is 0 Å². The fourth-order valence-electron chi connectivity index (χ4n) is 2.68. The topological polar surface area (TPSA) is 47.8 Å². The molecule has 4 nitrogen and oxygen atoms in total. The number of thioether (sulfide) groups is 1. The Labute approximate surface area is 156 Å². The molecule has 26 heavy (non-hydrogen) atoms. The summed E-state index contributed by atoms with van der Waals surface area (Å²) >= 11 is 1.59. The van der Waals surface area contributed by atoms with Crippen molar-refractivity contribution in [3.8, 4) is 11.4 Å². The van der Waals surface area contributed by atoms with E-state index in [0.29, 0.717) is 12.0 Å². The highest BCUT2D eigenvalue weighted by Crippen LogP contribution is 2.25. The summed E-state index contributed by atoms with van der Waals surface area (Å²) < 4.78 is 14.9. The van der Waals surface area contributed by atoms with Crippen molar-refractivity contribution in [2.75, 3.05) is 5.75 Å². The molecule has 2 aromatic carbocycles. The number of ketones is 1. The Morgan fingerprint density at radius 3 is 2.58 bits per heavy atom. The third-order valence-corrected chi connectivity index (χ3v) is 5.27. The van der Waals surface area contributed by atoms with Gasteiger partial charge in [0.25, 0.3) is 0 Å². The molecule has 0 unspecified atom stereocenters. The second kappa shape index (κ2) is 8.27. The Balaban J connectivity index is 1.55. The first-order chi connectivity index (χ1) is 12.6. The Hall–Kier alpha value is -2.47. The molecule has 134 valence electrons. The average molecular weight is 369 g/mol. The molecule has 0 aliphatic heterocycles. The van der Waals surface area contributed by atoms with E-state index >= 15 is 0 Å². The summed E-state index contributed by atoms with van der Waals surface area (Å²) in [4.78, 5) is 12.1. The van der Waals surface area contributed by atoms with Gasteiger partial charge < -0.3 is 4.57 Å². The molecule has 3 aromatic rings. The molecule has 0 atom stereocenters. The van der Waals surface area contributed by atoms with Gasteiger partial charge in [0.2, 0.25) is 0 Å². The third kappa shape index (κ3) is 4.19. The highest BCUT2D eigenvalue weighted by atomic mass is 32.2. The minimum Gasteiger partial charge on any atom is -0.305 e. The highest BCUT2D eigenvalue weighted by Gasteiger charge is 2.13. The molecule has 0 radical (unpaired) electrons. The van der Waals surface area contributed by atoms with Gasteiger partial charge in [0, 0.05) is 30.3 Å². The molecule has 0 bridgehead atoms. The maximum atomic E-state index is 12.9. The zero-order chi connectivity index (χ0) is 18.5. The van der Waals surface area contributed by atoms with E-state index in [1.54, 1.807) is 11.8 Å². The molecular weight excluding hydrogens is 349 g/mol. The largest absolute Gasteiger partial charge is 0.305 e. The Morgan fingerprint density at radius 2 is 1.85 bits per heavy atom. The number of carbonyl (C=O) groups is 1. The van der Waals surface area contributed by atoms with Gasteiger partial charge in [0.15, 0.2) is 16.8 Å². The molecule has 1 aromatic heterocycles. The number of benzene rings is 2. The third-order valence-electron chi connectivity index (χ3n) is 4.17. The van der Waals surface area contributed by atoms with Crippen LogP contribution in [0.25, 0.3) is 11.4 Å². The zero-order valence-corrected chi connectivity index (χ0v) is 15.6. The average Bonchev–Trinajstić information content (AvgIpc) is 3.00. The second-order valence-corrected chi connectivity index (χ2v) is 7.12. The number of nitrogens with zero attached hydrogens (tertiary/aromatic N) is 3. The van der Waals surface area contributed by atoms with Gasteiger partial charge in [0.1, 0.15) is 5.82 Å². The van der Waals surface area contributed by atoms with E-state index < -0.39 is 0 Å². The van der Waals surface area contributed by atoms with Crippen molar-refractivity contribution in [3.63, 3.8) is 0 Å². The Bertz CT molecular complexity index is 906. The van der Waals surface area contributed by atoms with Crippen LogP contribution in [0.3, 0.4) is 0 Å². The van der Waals surface area contributed by atoms with Crippen LogP contribution >= 0.6 is 11.8 Å². The van der Waals surface area contributed by atoms with Crippen LogP contribution in [0.1, 0.15) is 28.8 Å². The van der Waals surface area contributed by atoms with E-state index in [0.717, 1.165) is 34.3 Å². The summed E-state index contributed by atoms with van der Waals surface area (Å²) in [7, 11) is 1.95. The van der Waals surface area contributed by atoms with Gasteiger partial charge in [-0.25, -0.2) is 4.39 Å². The van der Waals surface area contributed by atoms with Gasteiger partial charge >= 0.3 is 0 Å². The number of aryl methyl sites for hydroxylation is 1. The molecule has 3 rings (SSSR count). The first-order valence-corrected chi connectivity index (χ1v) is 9.42. The van der Waals surface area contributed by atoms with Crippen molar-refractivity contribution >= 4 is 17.5 Å². The lowest BCUT2D eigenvalue weighted by Crippen LogP contribution is -2.00. The normalized spacial score (nSPS) is 10.9. The van der Waals surface area contributed by atoms with Crippen LogP contribution in [0.4, 0.5) is 4.39 Å². The van der Waals surface area contributed by atoms with Crippen LogP contribution < -0.4 is 0 Å². The lowest BCUT2D eigenvalue weighted by atomic mass is 10.1. The summed E-state index contributed by atoms with van der Waals surface area (Å²) in [6, 6.07) is 13.8. The highest BCUT2D eigenvalue weighted by molar-refractivity contribution is 7.99. The van der Waals surface area contributed by atoms with Gasteiger partial charge in [-0.15, -0.1) is 10.2 Å². The van der Waals surface area contributed by atoms with Crippen molar-refractivity contribution in [2.24, 2.45) is 7.05 Å². The summed E-state index contributed by atoms with van der Waals surface area (Å²) in [5.74, 6) is 1.31. The van der Waals surface area contributed by atoms with Gasteiger partial charge in [0.05, 0.1) is 0 Å². The SMILES string of the molecule is Cc1ccccc1-c1nnc(SCCCC(=O)c2ccc(F)cc2)n1C. The quantitative estimate of drug-likeness (QED) is 0.344. The molecular formula is C20H20FN3OS. The number of hydrogen-bond acceptors (Lipinski definition) is 4. The molecule has 0 aliphatic carbocycles. The lowest BCUT2D eigenvalue weighted by molar-refractivity contribution is 0.0982. The molecule has 0 amide bonds. The zero-order valence-electron chi connectivity index (χ0n) is 14.8. The van der Waals surface area contributed by atoms with E-state index in [-0.39, 0.29) is 11.6 Å². The molecule has 0 spiro atoms. The van der Waals surface area contributed by atoms with Crippen molar-refractivity contribution in [2.45, 2.75) is 24.9 Å². The minimum absolute atomic E-state index is 0.0316. The predicted molar refractivity (Wildman–Crippen MR) is 102 cm³/mol. The Morgan fingerprint density at radius 1 is 1.12 bits per heavy atom. The van der Waals surface area contributed by atoms with Crippen molar-refractivity contribution in [1.82, 2.24) is 14.8 Å².